The molecule has 0 N–H and O–H groups in total. The largest absolute Gasteiger partial charge is 0.450 e. The van der Waals surface area contributed by atoms with Gasteiger partial charge in [0.1, 0.15) is 24.2 Å². The second-order valence-corrected chi connectivity index (χ2v) is 14.3. The molecule has 2 bridgehead atoms. The number of quaternary nitrogens is 1. The van der Waals surface area contributed by atoms with Gasteiger partial charge in [-0.05, 0) is 63.8 Å². The Kier molecular flexibility index (Phi) is 8.84. The zero-order valence-corrected chi connectivity index (χ0v) is 27.2. The maximum atomic E-state index is 14.2. The fourth-order valence-corrected chi connectivity index (χ4v) is 8.04. The topological polar surface area (TPSA) is 68.7 Å². The Hall–Kier alpha value is -3.92. The van der Waals surface area contributed by atoms with Crippen LogP contribution >= 0.6 is 0 Å². The van der Waals surface area contributed by atoms with Crippen LogP contribution in [0.2, 0.25) is 0 Å². The van der Waals surface area contributed by atoms with Gasteiger partial charge in [-0.15, -0.1) is 6.58 Å². The van der Waals surface area contributed by atoms with Gasteiger partial charge in [-0.1, -0.05) is 36.4 Å². The van der Waals surface area contributed by atoms with Crippen molar-refractivity contribution in [2.45, 2.75) is 83.0 Å². The van der Waals surface area contributed by atoms with Crippen LogP contribution in [0.3, 0.4) is 0 Å². The summed E-state index contributed by atoms with van der Waals surface area (Å²) in [5, 5.41) is 0.850. The molecule has 7 nitrogen and oxygen atoms in total. The Bertz CT molecular complexity index is 1650. The van der Waals surface area contributed by atoms with Crippen LogP contribution < -0.4 is 0 Å². The highest BCUT2D eigenvalue weighted by Gasteiger charge is 2.56. The molecule has 2 aromatic carbocycles. The van der Waals surface area contributed by atoms with E-state index in [1.165, 1.54) is 17.0 Å². The molecule has 0 spiro atoms. The lowest BCUT2D eigenvalue weighted by atomic mass is 9.71. The molecule has 47 heavy (non-hydrogen) atoms. The van der Waals surface area contributed by atoms with Crippen LogP contribution in [-0.4, -0.2) is 63.7 Å². The number of piperidine rings is 3. The van der Waals surface area contributed by atoms with E-state index in [-0.39, 0.29) is 12.0 Å². The number of alkyl halides is 3. The third-order valence-electron chi connectivity index (χ3n) is 10.2. The zero-order chi connectivity index (χ0) is 33.6. The fraction of sp³-hybridized carbons (Fsp3) is 0.486. The van der Waals surface area contributed by atoms with Crippen LogP contribution in [0.1, 0.15) is 69.2 Å². The highest BCUT2D eigenvalue weighted by molar-refractivity contribution is 5.84. The molecule has 0 aliphatic carbocycles. The summed E-state index contributed by atoms with van der Waals surface area (Å²) in [5.41, 5.74) is 0.753. The number of hydrogen-bond donors (Lipinski definition) is 0. The Morgan fingerprint density at radius 2 is 1.89 bits per heavy atom. The number of carbonyl (C=O) groups is 2. The number of rotatable bonds is 7. The quantitative estimate of drug-likeness (QED) is 0.148. The number of carbonyl (C=O) groups excluding carboxylic acids is 2. The van der Waals surface area contributed by atoms with Crippen molar-refractivity contribution < 1.29 is 36.7 Å². The number of aromatic nitrogens is 1. The smallest absolute Gasteiger partial charge is 0.416 e. The Balaban J connectivity index is 1.41. The molecule has 1 unspecified atom stereocenters. The van der Waals surface area contributed by atoms with E-state index in [2.05, 4.69) is 11.6 Å². The molecule has 4 saturated heterocycles. The molecule has 1 aromatic heterocycles. The molecule has 4 fully saturated rings. The summed E-state index contributed by atoms with van der Waals surface area (Å²) in [5.74, 6) is -0.00808. The minimum atomic E-state index is -4.46. The maximum Gasteiger partial charge on any atom is 0.416 e. The lowest BCUT2D eigenvalue weighted by molar-refractivity contribution is -0.984. The van der Waals surface area contributed by atoms with E-state index in [4.69, 9.17) is 9.47 Å². The predicted molar refractivity (Wildman–Crippen MR) is 172 cm³/mol. The average molecular weight is 651 g/mol. The highest BCUT2D eigenvalue weighted by Crippen LogP contribution is 2.49. The third kappa shape index (κ3) is 6.75. The van der Waals surface area contributed by atoms with Gasteiger partial charge in [0.2, 0.25) is 0 Å². The zero-order valence-electron chi connectivity index (χ0n) is 27.2. The van der Waals surface area contributed by atoms with Gasteiger partial charge in [-0.2, -0.15) is 13.2 Å². The first kappa shape index (κ1) is 33.0. The number of fused-ring (bicyclic) bond motifs is 4. The molecule has 6 atom stereocenters. The Morgan fingerprint density at radius 3 is 2.64 bits per heavy atom. The van der Waals surface area contributed by atoms with E-state index in [0.29, 0.717) is 54.9 Å². The molecule has 0 saturated carbocycles. The molecular formula is C37H43F3N3O4+. The lowest BCUT2D eigenvalue weighted by Crippen LogP contribution is -2.68. The van der Waals surface area contributed by atoms with Crippen molar-refractivity contribution in [2.24, 2.45) is 11.8 Å². The molecule has 4 aliphatic heterocycles. The first-order valence-electron chi connectivity index (χ1n) is 16.5. The molecule has 1 amide bonds. The number of halogens is 3. The minimum absolute atomic E-state index is 0.189. The van der Waals surface area contributed by atoms with Gasteiger partial charge in [0.15, 0.2) is 6.10 Å². The number of esters is 1. The number of likely N-dealkylation sites (tertiary alicyclic amines) is 1. The van der Waals surface area contributed by atoms with Crippen molar-refractivity contribution >= 4 is 23.0 Å². The molecule has 10 heteroatoms. The Morgan fingerprint density at radius 1 is 1.11 bits per heavy atom. The van der Waals surface area contributed by atoms with Crippen molar-refractivity contribution in [2.75, 3.05) is 19.6 Å². The molecule has 3 aromatic rings. The second kappa shape index (κ2) is 12.6. The maximum absolute atomic E-state index is 14.2. The van der Waals surface area contributed by atoms with Crippen molar-refractivity contribution in [3.63, 3.8) is 0 Å². The fourth-order valence-electron chi connectivity index (χ4n) is 8.04. The molecular weight excluding hydrogens is 607 g/mol. The molecule has 4 aliphatic rings. The summed E-state index contributed by atoms with van der Waals surface area (Å²) in [6, 6.07) is 14.1. The minimum Gasteiger partial charge on any atom is -0.450 e. The number of benzene rings is 2. The molecule has 7 rings (SSSR count). The van der Waals surface area contributed by atoms with Crippen LogP contribution in [0.15, 0.2) is 73.4 Å². The first-order chi connectivity index (χ1) is 22.3. The van der Waals surface area contributed by atoms with Crippen LogP contribution in [0.5, 0.6) is 0 Å². The van der Waals surface area contributed by atoms with Gasteiger partial charge in [0.25, 0.3) is 0 Å². The summed E-state index contributed by atoms with van der Waals surface area (Å²) in [4.78, 5) is 33.3. The van der Waals surface area contributed by atoms with Gasteiger partial charge in [0, 0.05) is 48.0 Å². The van der Waals surface area contributed by atoms with Gasteiger partial charge in [0.05, 0.1) is 24.2 Å². The third-order valence-corrected chi connectivity index (χ3v) is 10.2. The van der Waals surface area contributed by atoms with Crippen LogP contribution in [-0.2, 0) is 27.0 Å². The van der Waals surface area contributed by atoms with Crippen LogP contribution in [0, 0.1) is 11.8 Å². The van der Waals surface area contributed by atoms with Gasteiger partial charge in [-0.3, -0.25) is 9.88 Å². The van der Waals surface area contributed by atoms with E-state index in [1.807, 2.05) is 36.4 Å². The standard InChI is InChI=1S/C37H43F3N3O4/c1-5-25-23-43(22-24-10-8-11-27(20-24)37(38,39)40)19-16-26(25)21-32(43)33(29-15-17-41-30-13-7-6-12-28(29)30)46-34(44)31-14-9-18-42(31)35(45)47-36(2,3)4/h5-8,10-13,15,17,20,25-26,31-33H,1,9,14,16,18-19,21-23H2,2-4H3/q+1/t25-,26-,31-,32+,33-,43?/m0/s1. The van der Waals surface area contributed by atoms with E-state index >= 15 is 0 Å². The van der Waals surface area contributed by atoms with E-state index in [0.717, 1.165) is 35.5 Å². The monoisotopic (exact) mass is 650 g/mol. The summed E-state index contributed by atoms with van der Waals surface area (Å²) >= 11 is 0. The second-order valence-electron chi connectivity index (χ2n) is 14.3. The number of amides is 1. The van der Waals surface area contributed by atoms with Crippen molar-refractivity contribution in [3.05, 3.63) is 90.1 Å². The summed E-state index contributed by atoms with van der Waals surface area (Å²) in [7, 11) is 0. The average Bonchev–Trinajstić information content (AvgIpc) is 3.53. The molecule has 250 valence electrons. The van der Waals surface area contributed by atoms with Gasteiger partial charge >= 0.3 is 18.2 Å². The lowest BCUT2D eigenvalue weighted by Gasteiger charge is -2.58. The van der Waals surface area contributed by atoms with Gasteiger partial charge < -0.3 is 14.0 Å². The number of pyridine rings is 1. The number of hydrogen-bond acceptors (Lipinski definition) is 5. The van der Waals surface area contributed by atoms with E-state index < -0.39 is 41.5 Å². The summed E-state index contributed by atoms with van der Waals surface area (Å²) in [6.45, 7) is 11.6. The van der Waals surface area contributed by atoms with E-state index in [1.54, 1.807) is 33.0 Å². The van der Waals surface area contributed by atoms with Crippen molar-refractivity contribution in [3.8, 4) is 0 Å². The first-order valence-corrected chi connectivity index (χ1v) is 16.5. The van der Waals surface area contributed by atoms with Crippen LogP contribution in [0.25, 0.3) is 10.9 Å². The van der Waals surface area contributed by atoms with Crippen molar-refractivity contribution in [1.82, 2.24) is 9.88 Å². The molecule has 0 radical (unpaired) electrons. The predicted octanol–water partition coefficient (Wildman–Crippen LogP) is 7.85. The number of ether oxygens (including phenoxy) is 2. The Labute approximate surface area is 273 Å². The SMILES string of the molecule is C=C[C@H]1C[N+]2(Cc3cccc(C(F)(F)F)c3)CC[C@H]1C[C@@H]2[C@@H](OC(=O)[C@@H]1CCCN1C(=O)OC(C)(C)C)c1ccnc2ccccc12. The summed E-state index contributed by atoms with van der Waals surface area (Å²) < 4.78 is 54.0. The number of nitrogens with zero attached hydrogens (tertiary/aromatic N) is 3. The number of para-hydroxylation sites is 1. The van der Waals surface area contributed by atoms with E-state index in [9.17, 15) is 22.8 Å². The van der Waals surface area contributed by atoms with Crippen LogP contribution in [0.4, 0.5) is 18.0 Å². The normalized spacial score (nSPS) is 26.6. The highest BCUT2D eigenvalue weighted by atomic mass is 19.4. The molecule has 5 heterocycles. The summed E-state index contributed by atoms with van der Waals surface area (Å²) in [6.07, 6.45) is 0.663. The van der Waals surface area contributed by atoms with Gasteiger partial charge in [-0.25, -0.2) is 9.59 Å². The van der Waals surface area contributed by atoms with Crippen molar-refractivity contribution in [1.29, 1.82) is 0 Å².